The molecule has 0 aliphatic heterocycles. The van der Waals surface area contributed by atoms with Crippen molar-refractivity contribution in [2.75, 3.05) is 6.61 Å². The van der Waals surface area contributed by atoms with Crippen LogP contribution in [0.2, 0.25) is 0 Å². The fourth-order valence-corrected chi connectivity index (χ4v) is 1.32. The summed E-state index contributed by atoms with van der Waals surface area (Å²) in [5.74, 6) is -2.15. The predicted molar refractivity (Wildman–Crippen MR) is 62.6 cm³/mol. The van der Waals surface area contributed by atoms with Gasteiger partial charge in [-0.2, -0.15) is 0 Å². The molecule has 1 aromatic rings. The van der Waals surface area contributed by atoms with Crippen molar-refractivity contribution in [2.24, 2.45) is 7.05 Å². The van der Waals surface area contributed by atoms with Crippen LogP contribution in [-0.2, 0) is 23.2 Å². The molecule has 0 saturated carbocycles. The molecule has 0 radical (unpaired) electrons. The Bertz CT molecular complexity index is 602. The Labute approximate surface area is 106 Å². The van der Waals surface area contributed by atoms with Gasteiger partial charge < -0.3 is 15.5 Å². The minimum atomic E-state index is -1.43. The number of amides is 1. The second kappa shape index (κ2) is 5.96. The highest BCUT2D eigenvalue weighted by atomic mass is 16.4. The third kappa shape index (κ3) is 3.52. The van der Waals surface area contributed by atoms with E-state index in [1.807, 2.05) is 5.32 Å². The molecule has 1 atom stereocenters. The lowest BCUT2D eigenvalue weighted by Gasteiger charge is -2.12. The van der Waals surface area contributed by atoms with E-state index in [9.17, 15) is 19.2 Å². The fraction of sp³-hybridized carbons (Fsp3) is 0.400. The van der Waals surface area contributed by atoms with E-state index in [2.05, 4.69) is 0 Å². The van der Waals surface area contributed by atoms with Gasteiger partial charge in [0.05, 0.1) is 6.61 Å². The lowest BCUT2D eigenvalue weighted by molar-refractivity contribution is -0.143. The highest BCUT2D eigenvalue weighted by Gasteiger charge is 2.19. The maximum atomic E-state index is 11.6. The Morgan fingerprint density at radius 2 is 2.05 bits per heavy atom. The zero-order valence-corrected chi connectivity index (χ0v) is 10.1. The van der Waals surface area contributed by atoms with Gasteiger partial charge in [-0.05, 0) is 0 Å². The Hall–Kier alpha value is -2.42. The molecule has 0 bridgehead atoms. The number of carboxylic acid groups (broad SMARTS) is 1. The van der Waals surface area contributed by atoms with E-state index >= 15 is 0 Å². The second-order valence-corrected chi connectivity index (χ2v) is 3.76. The molecule has 9 heteroatoms. The Morgan fingerprint density at radius 3 is 2.58 bits per heavy atom. The van der Waals surface area contributed by atoms with Gasteiger partial charge in [-0.25, -0.2) is 9.59 Å². The third-order valence-electron chi connectivity index (χ3n) is 2.39. The van der Waals surface area contributed by atoms with Gasteiger partial charge >= 0.3 is 11.7 Å². The van der Waals surface area contributed by atoms with Gasteiger partial charge in [0, 0.05) is 19.3 Å². The number of hydrogen-bond acceptors (Lipinski definition) is 5. The highest BCUT2D eigenvalue weighted by Crippen LogP contribution is 1.85. The summed E-state index contributed by atoms with van der Waals surface area (Å²) in [4.78, 5) is 44.8. The number of aliphatic hydroxyl groups is 1. The number of carbonyl (C=O) groups excluding carboxylic acids is 1. The van der Waals surface area contributed by atoms with Crippen LogP contribution >= 0.6 is 0 Å². The number of aliphatic hydroxyl groups excluding tert-OH is 1. The van der Waals surface area contributed by atoms with E-state index in [1.54, 1.807) is 0 Å². The summed E-state index contributed by atoms with van der Waals surface area (Å²) in [5, 5.41) is 19.4. The van der Waals surface area contributed by atoms with Crippen molar-refractivity contribution in [1.82, 2.24) is 14.5 Å². The van der Waals surface area contributed by atoms with Gasteiger partial charge in [0.15, 0.2) is 0 Å². The molecule has 9 nitrogen and oxygen atoms in total. The van der Waals surface area contributed by atoms with Gasteiger partial charge in [-0.15, -0.1) is 0 Å². The molecule has 19 heavy (non-hydrogen) atoms. The van der Waals surface area contributed by atoms with Crippen molar-refractivity contribution in [2.45, 2.75) is 12.6 Å². The van der Waals surface area contributed by atoms with Gasteiger partial charge in [0.25, 0.3) is 5.56 Å². The summed E-state index contributed by atoms with van der Waals surface area (Å²) in [5.41, 5.74) is -1.21. The zero-order chi connectivity index (χ0) is 14.6. The molecule has 1 rings (SSSR count). The molecular weight excluding hydrogens is 258 g/mol. The quantitative estimate of drug-likeness (QED) is 0.527. The number of hydrogen-bond donors (Lipinski definition) is 3. The molecule has 0 aliphatic rings. The first-order chi connectivity index (χ1) is 8.86. The first-order valence-electron chi connectivity index (χ1n) is 5.26. The molecule has 0 saturated heterocycles. The highest BCUT2D eigenvalue weighted by molar-refractivity contribution is 5.83. The molecule has 0 aromatic carbocycles. The van der Waals surface area contributed by atoms with Crippen molar-refractivity contribution >= 4 is 11.9 Å². The summed E-state index contributed by atoms with van der Waals surface area (Å²) in [7, 11) is 1.26. The number of nitrogens with one attached hydrogen (secondary N) is 1. The van der Waals surface area contributed by atoms with E-state index in [1.165, 1.54) is 7.05 Å². The summed E-state index contributed by atoms with van der Waals surface area (Å²) in [6.45, 7) is -1.21. The van der Waals surface area contributed by atoms with Crippen molar-refractivity contribution in [3.63, 3.8) is 0 Å². The SMILES string of the molecule is Cn1c(=O)ccn(CC(=O)NC(CO)C(=O)O)c1=O. The number of nitrogens with zero attached hydrogens (tertiary/aromatic N) is 2. The standard InChI is InChI=1S/C10H13N3O6/c1-12-8(16)2-3-13(10(12)19)4-7(15)11-6(5-14)9(17)18/h2-3,6,14H,4-5H2,1H3,(H,11,15)(H,17,18). The van der Waals surface area contributed by atoms with Crippen LogP contribution in [-0.4, -0.2) is 43.9 Å². The maximum absolute atomic E-state index is 11.6. The lowest BCUT2D eigenvalue weighted by Crippen LogP contribution is -2.46. The van der Waals surface area contributed by atoms with Gasteiger partial charge in [-0.3, -0.25) is 18.7 Å². The zero-order valence-electron chi connectivity index (χ0n) is 10.1. The van der Waals surface area contributed by atoms with E-state index in [0.717, 1.165) is 21.4 Å². The fourth-order valence-electron chi connectivity index (χ4n) is 1.32. The smallest absolute Gasteiger partial charge is 0.331 e. The molecule has 0 aliphatic carbocycles. The van der Waals surface area contributed by atoms with Crippen molar-refractivity contribution in [3.8, 4) is 0 Å². The first-order valence-corrected chi connectivity index (χ1v) is 5.26. The van der Waals surface area contributed by atoms with E-state index in [4.69, 9.17) is 10.2 Å². The number of carbonyl (C=O) groups is 2. The van der Waals surface area contributed by atoms with Gasteiger partial charge in [-0.1, -0.05) is 0 Å². The molecule has 1 unspecified atom stereocenters. The topological polar surface area (TPSA) is 131 Å². The Morgan fingerprint density at radius 1 is 1.42 bits per heavy atom. The second-order valence-electron chi connectivity index (χ2n) is 3.76. The first kappa shape index (κ1) is 14.6. The lowest BCUT2D eigenvalue weighted by atomic mass is 10.3. The summed E-state index contributed by atoms with van der Waals surface area (Å²) < 4.78 is 1.76. The minimum Gasteiger partial charge on any atom is -0.480 e. The molecule has 0 spiro atoms. The summed E-state index contributed by atoms with van der Waals surface area (Å²) in [6, 6.07) is -0.328. The largest absolute Gasteiger partial charge is 0.480 e. The number of aromatic nitrogens is 2. The maximum Gasteiger partial charge on any atom is 0.331 e. The minimum absolute atomic E-state index is 0.448. The number of rotatable bonds is 5. The average Bonchev–Trinajstić information content (AvgIpc) is 2.36. The Balaban J connectivity index is 2.84. The van der Waals surface area contributed by atoms with Crippen LogP contribution in [0.25, 0.3) is 0 Å². The summed E-state index contributed by atoms with van der Waals surface area (Å²) >= 11 is 0. The van der Waals surface area contributed by atoms with Crippen LogP contribution < -0.4 is 16.6 Å². The van der Waals surface area contributed by atoms with E-state index in [0.29, 0.717) is 0 Å². The predicted octanol–water partition coefficient (Wildman–Crippen LogP) is -2.89. The Kier molecular flexibility index (Phi) is 4.59. The molecule has 104 valence electrons. The molecule has 3 N–H and O–H groups in total. The van der Waals surface area contributed by atoms with Crippen LogP contribution in [0, 0.1) is 0 Å². The van der Waals surface area contributed by atoms with Crippen LogP contribution in [0.3, 0.4) is 0 Å². The van der Waals surface area contributed by atoms with E-state index < -0.39 is 42.3 Å². The molecular formula is C10H13N3O6. The van der Waals surface area contributed by atoms with Crippen LogP contribution in [0.5, 0.6) is 0 Å². The molecule has 1 aromatic heterocycles. The third-order valence-corrected chi connectivity index (χ3v) is 2.39. The van der Waals surface area contributed by atoms with Crippen LogP contribution in [0.15, 0.2) is 21.9 Å². The van der Waals surface area contributed by atoms with Crippen LogP contribution in [0.1, 0.15) is 0 Å². The van der Waals surface area contributed by atoms with Crippen molar-refractivity contribution in [1.29, 1.82) is 0 Å². The van der Waals surface area contributed by atoms with Crippen molar-refractivity contribution in [3.05, 3.63) is 33.1 Å². The monoisotopic (exact) mass is 271 g/mol. The van der Waals surface area contributed by atoms with Gasteiger partial charge in [0.2, 0.25) is 5.91 Å². The van der Waals surface area contributed by atoms with Gasteiger partial charge in [0.1, 0.15) is 12.6 Å². The summed E-state index contributed by atoms with van der Waals surface area (Å²) in [6.07, 6.45) is 1.14. The number of carboxylic acids is 1. The normalized spacial score (nSPS) is 11.9. The number of aliphatic carboxylic acids is 1. The molecule has 1 amide bonds. The van der Waals surface area contributed by atoms with E-state index in [-0.39, 0.29) is 0 Å². The average molecular weight is 271 g/mol. The molecule has 0 fully saturated rings. The van der Waals surface area contributed by atoms with Crippen LogP contribution in [0.4, 0.5) is 0 Å². The van der Waals surface area contributed by atoms with Crippen molar-refractivity contribution < 1.29 is 19.8 Å². The molecule has 1 heterocycles.